The fourth-order valence-electron chi connectivity index (χ4n) is 2.24. The van der Waals surface area contributed by atoms with Gasteiger partial charge in [-0.1, -0.05) is 6.07 Å². The Morgan fingerprint density at radius 2 is 1.83 bits per heavy atom. The van der Waals surface area contributed by atoms with Crippen LogP contribution in [0.15, 0.2) is 47.5 Å². The highest BCUT2D eigenvalue weighted by Crippen LogP contribution is 2.18. The summed E-state index contributed by atoms with van der Waals surface area (Å²) in [6.45, 7) is 3.62. The lowest BCUT2D eigenvalue weighted by Gasteiger charge is -2.15. The van der Waals surface area contributed by atoms with Crippen molar-refractivity contribution >= 4 is 15.9 Å². The van der Waals surface area contributed by atoms with Crippen LogP contribution in [0.5, 0.6) is 0 Å². The van der Waals surface area contributed by atoms with Crippen molar-refractivity contribution in [3.8, 4) is 0 Å². The largest absolute Gasteiger partial charge is 0.355 e. The van der Waals surface area contributed by atoms with E-state index in [0.717, 1.165) is 5.56 Å². The quantitative estimate of drug-likeness (QED) is 0.873. The standard InChI is InChI=1S/C16H19N3O3S/c1-11-5-4-10-18-15(11)12(2)19-23(21,22)14-8-6-13(7-9-14)16(20)17-3/h4-10,12,19H,1-3H3,(H,17,20). The molecule has 23 heavy (non-hydrogen) atoms. The van der Waals surface area contributed by atoms with Crippen LogP contribution in [0.4, 0.5) is 0 Å². The Morgan fingerprint density at radius 3 is 2.39 bits per heavy atom. The molecule has 0 saturated heterocycles. The van der Waals surface area contributed by atoms with Crippen LogP contribution in [0.25, 0.3) is 0 Å². The van der Waals surface area contributed by atoms with Gasteiger partial charge in [-0.25, -0.2) is 13.1 Å². The van der Waals surface area contributed by atoms with Gasteiger partial charge >= 0.3 is 0 Å². The second-order valence-corrected chi connectivity index (χ2v) is 6.87. The molecule has 0 saturated carbocycles. The Morgan fingerprint density at radius 1 is 1.17 bits per heavy atom. The van der Waals surface area contributed by atoms with E-state index >= 15 is 0 Å². The second kappa shape index (κ2) is 6.89. The SMILES string of the molecule is CNC(=O)c1ccc(S(=O)(=O)NC(C)c2ncccc2C)cc1. The Bertz CT molecular complexity index is 802. The number of sulfonamides is 1. The van der Waals surface area contributed by atoms with E-state index in [4.69, 9.17) is 0 Å². The molecule has 0 aliphatic rings. The number of rotatable bonds is 5. The predicted octanol–water partition coefficient (Wildman–Crippen LogP) is 1.79. The Kier molecular flexibility index (Phi) is 5.12. The summed E-state index contributed by atoms with van der Waals surface area (Å²) in [4.78, 5) is 15.8. The third-order valence-electron chi connectivity index (χ3n) is 3.45. The van der Waals surface area contributed by atoms with Crippen LogP contribution in [-0.4, -0.2) is 26.4 Å². The number of hydrogen-bond acceptors (Lipinski definition) is 4. The van der Waals surface area contributed by atoms with Gasteiger partial charge in [0.25, 0.3) is 5.91 Å². The van der Waals surface area contributed by atoms with Gasteiger partial charge in [-0.3, -0.25) is 9.78 Å². The summed E-state index contributed by atoms with van der Waals surface area (Å²) in [6, 6.07) is 8.99. The predicted molar refractivity (Wildman–Crippen MR) is 87.5 cm³/mol. The van der Waals surface area contributed by atoms with E-state index in [0.29, 0.717) is 11.3 Å². The summed E-state index contributed by atoms with van der Waals surface area (Å²) in [7, 11) is -2.18. The van der Waals surface area contributed by atoms with Gasteiger partial charge in [0.05, 0.1) is 16.6 Å². The number of carbonyl (C=O) groups excluding carboxylic acids is 1. The molecule has 0 aliphatic carbocycles. The van der Waals surface area contributed by atoms with Gasteiger partial charge in [-0.05, 0) is 49.7 Å². The maximum Gasteiger partial charge on any atom is 0.251 e. The average Bonchev–Trinajstić information content (AvgIpc) is 2.54. The Labute approximate surface area is 136 Å². The first-order chi connectivity index (χ1) is 10.8. The van der Waals surface area contributed by atoms with Crippen LogP contribution in [-0.2, 0) is 10.0 Å². The maximum absolute atomic E-state index is 12.4. The number of nitrogens with zero attached hydrogens (tertiary/aromatic N) is 1. The van der Waals surface area contributed by atoms with Crippen molar-refractivity contribution in [2.24, 2.45) is 0 Å². The molecule has 122 valence electrons. The summed E-state index contributed by atoms with van der Waals surface area (Å²) >= 11 is 0. The molecule has 1 atom stereocenters. The maximum atomic E-state index is 12.4. The molecule has 6 nitrogen and oxygen atoms in total. The number of aryl methyl sites for hydroxylation is 1. The molecule has 1 amide bonds. The van der Waals surface area contributed by atoms with Crippen molar-refractivity contribution < 1.29 is 13.2 Å². The van der Waals surface area contributed by atoms with Crippen molar-refractivity contribution in [1.82, 2.24) is 15.0 Å². The molecule has 0 spiro atoms. The molecule has 1 heterocycles. The van der Waals surface area contributed by atoms with Crippen LogP contribution in [0.1, 0.15) is 34.6 Å². The fraction of sp³-hybridized carbons (Fsp3) is 0.250. The third kappa shape index (κ3) is 3.94. The summed E-state index contributed by atoms with van der Waals surface area (Å²) in [5, 5.41) is 2.49. The van der Waals surface area contributed by atoms with E-state index in [-0.39, 0.29) is 10.8 Å². The monoisotopic (exact) mass is 333 g/mol. The zero-order valence-corrected chi connectivity index (χ0v) is 14.0. The molecule has 0 aliphatic heterocycles. The van der Waals surface area contributed by atoms with Crippen molar-refractivity contribution in [3.05, 3.63) is 59.4 Å². The third-order valence-corrected chi connectivity index (χ3v) is 5.00. The van der Waals surface area contributed by atoms with Crippen molar-refractivity contribution in [3.63, 3.8) is 0 Å². The summed E-state index contributed by atoms with van der Waals surface area (Å²) < 4.78 is 27.5. The molecule has 2 aromatic rings. The molecule has 2 rings (SSSR count). The van der Waals surface area contributed by atoms with E-state index < -0.39 is 16.1 Å². The van der Waals surface area contributed by atoms with Gasteiger partial charge in [0.2, 0.25) is 10.0 Å². The first kappa shape index (κ1) is 17.1. The van der Waals surface area contributed by atoms with Gasteiger partial charge < -0.3 is 5.32 Å². The summed E-state index contributed by atoms with van der Waals surface area (Å²) in [5.74, 6) is -0.264. The molecule has 1 unspecified atom stereocenters. The lowest BCUT2D eigenvalue weighted by molar-refractivity contribution is 0.0963. The van der Waals surface area contributed by atoms with Crippen LogP contribution < -0.4 is 10.0 Å². The van der Waals surface area contributed by atoms with Crippen molar-refractivity contribution in [1.29, 1.82) is 0 Å². The smallest absolute Gasteiger partial charge is 0.251 e. The number of pyridine rings is 1. The molecule has 0 fully saturated rings. The second-order valence-electron chi connectivity index (χ2n) is 5.15. The van der Waals surface area contributed by atoms with Gasteiger partial charge in [-0.15, -0.1) is 0 Å². The zero-order chi connectivity index (χ0) is 17.0. The number of nitrogens with one attached hydrogen (secondary N) is 2. The normalized spacial score (nSPS) is 12.7. The highest BCUT2D eigenvalue weighted by atomic mass is 32.2. The molecule has 0 radical (unpaired) electrons. The van der Waals surface area contributed by atoms with Gasteiger partial charge in [0, 0.05) is 18.8 Å². The number of hydrogen-bond donors (Lipinski definition) is 2. The lowest BCUT2D eigenvalue weighted by Crippen LogP contribution is -2.28. The van der Waals surface area contributed by atoms with E-state index in [9.17, 15) is 13.2 Å². The van der Waals surface area contributed by atoms with Crippen LogP contribution in [0.2, 0.25) is 0 Å². The number of benzene rings is 1. The van der Waals surface area contributed by atoms with Gasteiger partial charge in [0.1, 0.15) is 0 Å². The van der Waals surface area contributed by atoms with Crippen LogP contribution in [0, 0.1) is 6.92 Å². The Balaban J connectivity index is 2.22. The number of amides is 1. The van der Waals surface area contributed by atoms with E-state index in [2.05, 4.69) is 15.0 Å². The first-order valence-electron chi connectivity index (χ1n) is 7.11. The van der Waals surface area contributed by atoms with Crippen LogP contribution >= 0.6 is 0 Å². The molecule has 7 heteroatoms. The number of carbonyl (C=O) groups is 1. The topological polar surface area (TPSA) is 88.2 Å². The summed E-state index contributed by atoms with van der Waals surface area (Å²) in [5.41, 5.74) is 2.00. The molecule has 1 aromatic carbocycles. The van der Waals surface area contributed by atoms with Gasteiger partial charge in [0.15, 0.2) is 0 Å². The number of aromatic nitrogens is 1. The minimum atomic E-state index is -3.70. The van der Waals surface area contributed by atoms with E-state index in [1.54, 1.807) is 19.2 Å². The zero-order valence-electron chi connectivity index (χ0n) is 13.2. The van der Waals surface area contributed by atoms with E-state index in [1.807, 2.05) is 13.0 Å². The molecular formula is C16H19N3O3S. The van der Waals surface area contributed by atoms with Crippen LogP contribution in [0.3, 0.4) is 0 Å². The first-order valence-corrected chi connectivity index (χ1v) is 8.59. The molecule has 1 aromatic heterocycles. The molecule has 0 bridgehead atoms. The molecular weight excluding hydrogens is 314 g/mol. The minimum absolute atomic E-state index is 0.102. The van der Waals surface area contributed by atoms with Gasteiger partial charge in [-0.2, -0.15) is 0 Å². The van der Waals surface area contributed by atoms with Crippen molar-refractivity contribution in [2.45, 2.75) is 24.8 Å². The summed E-state index contributed by atoms with van der Waals surface area (Å²) in [6.07, 6.45) is 1.63. The highest BCUT2D eigenvalue weighted by Gasteiger charge is 2.20. The average molecular weight is 333 g/mol. The highest BCUT2D eigenvalue weighted by molar-refractivity contribution is 7.89. The van der Waals surface area contributed by atoms with E-state index in [1.165, 1.54) is 31.3 Å². The Hall–Kier alpha value is -2.25. The minimum Gasteiger partial charge on any atom is -0.355 e. The molecule has 2 N–H and O–H groups in total. The van der Waals surface area contributed by atoms with Crippen molar-refractivity contribution in [2.75, 3.05) is 7.05 Å². The fourth-order valence-corrected chi connectivity index (χ4v) is 3.45. The lowest BCUT2D eigenvalue weighted by atomic mass is 10.1.